The van der Waals surface area contributed by atoms with Gasteiger partial charge in [-0.15, -0.1) is 0 Å². The van der Waals surface area contributed by atoms with Crippen LogP contribution in [0, 0.1) is 12.7 Å². The number of nitrogens with one attached hydrogen (secondary N) is 1. The standard InChI is InChI=1S/C16H13FN4O/c1-11-14(15(22)6-7-16-18-8-9-19-16)10-20-21(11)13-4-2-12(17)3-5-13/h2-10H,1H3,(H,18,19)/b7-6+. The lowest BCUT2D eigenvalue weighted by Crippen LogP contribution is -2.01. The molecule has 110 valence electrons. The molecule has 1 aromatic carbocycles. The van der Waals surface area contributed by atoms with Gasteiger partial charge in [-0.25, -0.2) is 14.1 Å². The summed E-state index contributed by atoms with van der Waals surface area (Å²) in [6, 6.07) is 5.94. The van der Waals surface area contributed by atoms with Crippen LogP contribution in [-0.2, 0) is 0 Å². The summed E-state index contributed by atoms with van der Waals surface area (Å²) in [4.78, 5) is 19.1. The zero-order valence-corrected chi connectivity index (χ0v) is 11.8. The fourth-order valence-corrected chi connectivity index (χ4v) is 2.11. The van der Waals surface area contributed by atoms with Crippen LogP contribution in [0.4, 0.5) is 4.39 Å². The summed E-state index contributed by atoms with van der Waals surface area (Å²) in [7, 11) is 0. The van der Waals surface area contributed by atoms with Gasteiger partial charge in [0.1, 0.15) is 11.6 Å². The average Bonchev–Trinajstić information content (AvgIpc) is 3.15. The smallest absolute Gasteiger partial charge is 0.189 e. The van der Waals surface area contributed by atoms with Crippen molar-refractivity contribution in [1.82, 2.24) is 19.7 Å². The highest BCUT2D eigenvalue weighted by Crippen LogP contribution is 2.15. The van der Waals surface area contributed by atoms with E-state index in [2.05, 4.69) is 15.1 Å². The Labute approximate surface area is 126 Å². The van der Waals surface area contributed by atoms with Crippen LogP contribution in [0.5, 0.6) is 0 Å². The molecule has 22 heavy (non-hydrogen) atoms. The van der Waals surface area contributed by atoms with Gasteiger partial charge >= 0.3 is 0 Å². The molecule has 3 aromatic rings. The Kier molecular flexibility index (Phi) is 3.65. The Balaban J connectivity index is 1.87. The lowest BCUT2D eigenvalue weighted by molar-refractivity contribution is 0.104. The van der Waals surface area contributed by atoms with Crippen LogP contribution in [0.15, 0.2) is 48.9 Å². The number of carbonyl (C=O) groups excluding carboxylic acids is 1. The van der Waals surface area contributed by atoms with Crippen LogP contribution >= 0.6 is 0 Å². The molecule has 0 atom stereocenters. The Hall–Kier alpha value is -3.02. The maximum absolute atomic E-state index is 13.0. The molecule has 0 amide bonds. The molecule has 6 heteroatoms. The summed E-state index contributed by atoms with van der Waals surface area (Å²) in [5.41, 5.74) is 1.89. The third-order valence-corrected chi connectivity index (χ3v) is 3.26. The molecule has 2 heterocycles. The second-order valence-electron chi connectivity index (χ2n) is 4.70. The van der Waals surface area contributed by atoms with E-state index in [1.54, 1.807) is 42.2 Å². The molecule has 5 nitrogen and oxygen atoms in total. The molecule has 0 aliphatic heterocycles. The number of rotatable bonds is 4. The van der Waals surface area contributed by atoms with Crippen LogP contribution in [0.3, 0.4) is 0 Å². The van der Waals surface area contributed by atoms with Crippen molar-refractivity contribution in [3.8, 4) is 5.69 Å². The Morgan fingerprint density at radius 3 is 2.77 bits per heavy atom. The molecule has 0 aliphatic rings. The van der Waals surface area contributed by atoms with Crippen LogP contribution in [0.25, 0.3) is 11.8 Å². The monoisotopic (exact) mass is 296 g/mol. The fourth-order valence-electron chi connectivity index (χ4n) is 2.11. The minimum Gasteiger partial charge on any atom is -0.345 e. The molecule has 0 unspecified atom stereocenters. The van der Waals surface area contributed by atoms with Crippen LogP contribution < -0.4 is 0 Å². The SMILES string of the molecule is Cc1c(C(=O)/C=C/c2ncc[nH]2)cnn1-c1ccc(F)cc1. The van der Waals surface area contributed by atoms with Crippen molar-refractivity contribution in [1.29, 1.82) is 0 Å². The molecule has 1 N–H and O–H groups in total. The first-order valence-electron chi connectivity index (χ1n) is 6.67. The average molecular weight is 296 g/mol. The highest BCUT2D eigenvalue weighted by atomic mass is 19.1. The van der Waals surface area contributed by atoms with Gasteiger partial charge in [0.15, 0.2) is 5.78 Å². The summed E-state index contributed by atoms with van der Waals surface area (Å²) in [6.07, 6.45) is 7.85. The highest BCUT2D eigenvalue weighted by Gasteiger charge is 2.13. The maximum atomic E-state index is 13.0. The van der Waals surface area contributed by atoms with Crippen molar-refractivity contribution in [3.05, 3.63) is 71.8 Å². The van der Waals surface area contributed by atoms with Crippen molar-refractivity contribution in [2.24, 2.45) is 0 Å². The predicted molar refractivity (Wildman–Crippen MR) is 80.2 cm³/mol. The number of nitrogens with zero attached hydrogens (tertiary/aromatic N) is 3. The van der Waals surface area contributed by atoms with Crippen molar-refractivity contribution >= 4 is 11.9 Å². The normalized spacial score (nSPS) is 11.2. The van der Waals surface area contributed by atoms with Gasteiger partial charge in [-0.2, -0.15) is 5.10 Å². The predicted octanol–water partition coefficient (Wildman–Crippen LogP) is 2.94. The lowest BCUT2D eigenvalue weighted by Gasteiger charge is -2.04. The number of hydrogen-bond donors (Lipinski definition) is 1. The van der Waals surface area contributed by atoms with Gasteiger partial charge < -0.3 is 4.98 Å². The van der Waals surface area contributed by atoms with Crippen LogP contribution in [0.1, 0.15) is 21.9 Å². The van der Waals surface area contributed by atoms with E-state index in [1.165, 1.54) is 24.4 Å². The van der Waals surface area contributed by atoms with Gasteiger partial charge in [0.2, 0.25) is 0 Å². The topological polar surface area (TPSA) is 63.6 Å². The van der Waals surface area contributed by atoms with E-state index < -0.39 is 0 Å². The Morgan fingerprint density at radius 1 is 1.32 bits per heavy atom. The molecule has 2 aromatic heterocycles. The van der Waals surface area contributed by atoms with Gasteiger partial charge in [-0.1, -0.05) is 0 Å². The summed E-state index contributed by atoms with van der Waals surface area (Å²) in [5.74, 6) is 0.130. The number of allylic oxidation sites excluding steroid dienone is 1. The Bertz CT molecular complexity index is 816. The zero-order valence-electron chi connectivity index (χ0n) is 11.8. The number of carbonyl (C=O) groups is 1. The number of hydrogen-bond acceptors (Lipinski definition) is 3. The molecule has 0 saturated carbocycles. The molecular weight excluding hydrogens is 283 g/mol. The first-order chi connectivity index (χ1) is 10.6. The van der Waals surface area contributed by atoms with E-state index in [1.807, 2.05) is 0 Å². The van der Waals surface area contributed by atoms with Crippen LogP contribution in [0.2, 0.25) is 0 Å². The van der Waals surface area contributed by atoms with E-state index in [-0.39, 0.29) is 11.6 Å². The number of imidazole rings is 1. The summed E-state index contributed by atoms with van der Waals surface area (Å²) in [6.45, 7) is 1.80. The zero-order chi connectivity index (χ0) is 15.5. The molecule has 0 saturated heterocycles. The van der Waals surface area contributed by atoms with E-state index in [0.29, 0.717) is 22.8 Å². The molecule has 0 aliphatic carbocycles. The van der Waals surface area contributed by atoms with Gasteiger partial charge in [0.05, 0.1) is 23.1 Å². The lowest BCUT2D eigenvalue weighted by atomic mass is 10.1. The van der Waals surface area contributed by atoms with E-state index in [4.69, 9.17) is 0 Å². The van der Waals surface area contributed by atoms with E-state index >= 15 is 0 Å². The second-order valence-corrected chi connectivity index (χ2v) is 4.70. The van der Waals surface area contributed by atoms with E-state index in [0.717, 1.165) is 0 Å². The fraction of sp³-hybridized carbons (Fsp3) is 0.0625. The first kappa shape index (κ1) is 13.9. The Morgan fingerprint density at radius 2 is 2.09 bits per heavy atom. The van der Waals surface area contributed by atoms with Crippen molar-refractivity contribution < 1.29 is 9.18 Å². The number of halogens is 1. The molecule has 0 spiro atoms. The number of aromatic amines is 1. The third-order valence-electron chi connectivity index (χ3n) is 3.26. The van der Waals surface area contributed by atoms with Crippen molar-refractivity contribution in [2.75, 3.05) is 0 Å². The van der Waals surface area contributed by atoms with Gasteiger partial charge in [0.25, 0.3) is 0 Å². The minimum absolute atomic E-state index is 0.165. The summed E-state index contributed by atoms with van der Waals surface area (Å²) < 4.78 is 14.6. The maximum Gasteiger partial charge on any atom is 0.189 e. The molecule has 3 rings (SSSR count). The number of benzene rings is 1. The number of H-pyrrole nitrogens is 1. The summed E-state index contributed by atoms with van der Waals surface area (Å²) >= 11 is 0. The van der Waals surface area contributed by atoms with Crippen molar-refractivity contribution in [2.45, 2.75) is 6.92 Å². The minimum atomic E-state index is -0.314. The second kappa shape index (κ2) is 5.77. The van der Waals surface area contributed by atoms with Crippen LogP contribution in [-0.4, -0.2) is 25.5 Å². The number of ketones is 1. The molecular formula is C16H13FN4O. The van der Waals surface area contributed by atoms with Gasteiger partial charge in [0, 0.05) is 12.4 Å². The van der Waals surface area contributed by atoms with E-state index in [9.17, 15) is 9.18 Å². The number of aromatic nitrogens is 4. The van der Waals surface area contributed by atoms with Gasteiger partial charge in [-0.3, -0.25) is 4.79 Å². The molecule has 0 radical (unpaired) electrons. The van der Waals surface area contributed by atoms with Crippen molar-refractivity contribution in [3.63, 3.8) is 0 Å². The van der Waals surface area contributed by atoms with Gasteiger partial charge in [-0.05, 0) is 43.3 Å². The molecule has 0 bridgehead atoms. The highest BCUT2D eigenvalue weighted by molar-refractivity contribution is 6.07. The summed E-state index contributed by atoms with van der Waals surface area (Å²) in [5, 5.41) is 4.20. The quantitative estimate of drug-likeness (QED) is 0.594. The third kappa shape index (κ3) is 2.71. The first-order valence-corrected chi connectivity index (χ1v) is 6.67. The molecule has 0 fully saturated rings. The largest absolute Gasteiger partial charge is 0.345 e.